The summed E-state index contributed by atoms with van der Waals surface area (Å²) in [4.78, 5) is 18.7. The third-order valence-corrected chi connectivity index (χ3v) is 4.03. The molecule has 1 aliphatic carbocycles. The predicted octanol–water partition coefficient (Wildman–Crippen LogP) is 3.17. The third kappa shape index (κ3) is 3.10. The minimum Gasteiger partial charge on any atom is -0.336 e. The highest BCUT2D eigenvalue weighted by Crippen LogP contribution is 2.26. The van der Waals surface area contributed by atoms with E-state index in [2.05, 4.69) is 20.9 Å². The van der Waals surface area contributed by atoms with Crippen molar-refractivity contribution in [2.24, 2.45) is 0 Å². The number of nitrogens with zero attached hydrogens (tertiary/aromatic N) is 2. The lowest BCUT2D eigenvalue weighted by Gasteiger charge is -2.37. The second-order valence-corrected chi connectivity index (χ2v) is 5.61. The van der Waals surface area contributed by atoms with Gasteiger partial charge in [-0.15, -0.1) is 0 Å². The Bertz CT molecular complexity index is 401. The van der Waals surface area contributed by atoms with Gasteiger partial charge < -0.3 is 4.90 Å². The maximum Gasteiger partial charge on any atom is 0.255 e. The zero-order valence-electron chi connectivity index (χ0n) is 10.7. The van der Waals surface area contributed by atoms with Crippen LogP contribution in [0.15, 0.2) is 18.3 Å². The Labute approximate surface area is 117 Å². The van der Waals surface area contributed by atoms with Gasteiger partial charge in [-0.05, 0) is 44.7 Å². The molecule has 98 valence electrons. The Hall–Kier alpha value is -0.900. The van der Waals surface area contributed by atoms with Crippen LogP contribution in [0.2, 0.25) is 0 Å². The lowest BCUT2D eigenvalue weighted by atomic mass is 9.91. The number of pyridine rings is 1. The predicted molar refractivity (Wildman–Crippen MR) is 76.1 cm³/mol. The van der Waals surface area contributed by atoms with Gasteiger partial charge in [0.15, 0.2) is 0 Å². The topological polar surface area (TPSA) is 33.2 Å². The van der Waals surface area contributed by atoms with Gasteiger partial charge in [0.25, 0.3) is 5.91 Å². The van der Waals surface area contributed by atoms with Crippen LogP contribution in [0, 0.1) is 6.92 Å². The molecule has 1 heterocycles. The molecule has 0 unspecified atom stereocenters. The minimum absolute atomic E-state index is 0.133. The minimum atomic E-state index is 0.133. The molecule has 0 atom stereocenters. The highest BCUT2D eigenvalue weighted by atomic mass is 79.9. The number of carbonyl (C=O) groups is 1. The van der Waals surface area contributed by atoms with E-state index >= 15 is 0 Å². The number of rotatable bonds is 5. The van der Waals surface area contributed by atoms with Crippen LogP contribution in [0.4, 0.5) is 0 Å². The molecule has 1 aliphatic rings. The van der Waals surface area contributed by atoms with E-state index in [0.717, 1.165) is 36.8 Å². The van der Waals surface area contributed by atoms with Crippen LogP contribution in [-0.2, 0) is 0 Å². The van der Waals surface area contributed by atoms with Crippen molar-refractivity contribution in [2.75, 3.05) is 11.9 Å². The van der Waals surface area contributed by atoms with Gasteiger partial charge in [-0.25, -0.2) is 0 Å². The van der Waals surface area contributed by atoms with E-state index in [9.17, 15) is 4.79 Å². The van der Waals surface area contributed by atoms with Crippen LogP contribution >= 0.6 is 15.9 Å². The van der Waals surface area contributed by atoms with E-state index < -0.39 is 0 Å². The van der Waals surface area contributed by atoms with Gasteiger partial charge in [0, 0.05) is 29.8 Å². The average Bonchev–Trinajstić information content (AvgIpc) is 2.32. The summed E-state index contributed by atoms with van der Waals surface area (Å²) < 4.78 is 0. The summed E-state index contributed by atoms with van der Waals surface area (Å²) >= 11 is 3.43. The van der Waals surface area contributed by atoms with E-state index in [1.54, 1.807) is 6.20 Å². The average molecular weight is 311 g/mol. The molecule has 4 heteroatoms. The first-order chi connectivity index (χ1) is 8.72. The second kappa shape index (κ2) is 6.32. The molecule has 2 rings (SSSR count). The van der Waals surface area contributed by atoms with Gasteiger partial charge in [-0.3, -0.25) is 9.78 Å². The highest BCUT2D eigenvalue weighted by Gasteiger charge is 2.28. The van der Waals surface area contributed by atoms with Gasteiger partial charge in [-0.2, -0.15) is 0 Å². The highest BCUT2D eigenvalue weighted by molar-refractivity contribution is 9.09. The number of carbonyl (C=O) groups excluding carboxylic acids is 1. The van der Waals surface area contributed by atoms with Crippen molar-refractivity contribution in [3.63, 3.8) is 0 Å². The van der Waals surface area contributed by atoms with Gasteiger partial charge in [0.2, 0.25) is 0 Å². The Balaban J connectivity index is 2.08. The van der Waals surface area contributed by atoms with Crippen LogP contribution in [0.3, 0.4) is 0 Å². The molecule has 0 spiro atoms. The summed E-state index contributed by atoms with van der Waals surface area (Å²) in [5.41, 5.74) is 1.66. The summed E-state index contributed by atoms with van der Waals surface area (Å²) in [7, 11) is 0. The Morgan fingerprint density at radius 1 is 1.50 bits per heavy atom. The van der Waals surface area contributed by atoms with Gasteiger partial charge in [0.05, 0.1) is 5.56 Å². The molecule has 18 heavy (non-hydrogen) atoms. The number of halogens is 1. The molecule has 0 N–H and O–H groups in total. The summed E-state index contributed by atoms with van der Waals surface area (Å²) in [6.07, 6.45) is 6.23. The van der Waals surface area contributed by atoms with Crippen LogP contribution in [0.25, 0.3) is 0 Å². The van der Waals surface area contributed by atoms with Crippen LogP contribution in [-0.4, -0.2) is 33.7 Å². The molecule has 3 nitrogen and oxygen atoms in total. The van der Waals surface area contributed by atoms with Gasteiger partial charge in [-0.1, -0.05) is 15.9 Å². The normalized spacial score (nSPS) is 15.2. The first-order valence-electron chi connectivity index (χ1n) is 6.52. The summed E-state index contributed by atoms with van der Waals surface area (Å²) in [6.45, 7) is 2.77. The van der Waals surface area contributed by atoms with Crippen molar-refractivity contribution >= 4 is 21.8 Å². The monoisotopic (exact) mass is 310 g/mol. The lowest BCUT2D eigenvalue weighted by molar-refractivity contribution is 0.0581. The maximum atomic E-state index is 12.5. The quantitative estimate of drug-likeness (QED) is 0.783. The van der Waals surface area contributed by atoms with Gasteiger partial charge in [0.1, 0.15) is 0 Å². The van der Waals surface area contributed by atoms with E-state index in [-0.39, 0.29) is 5.91 Å². The SMILES string of the molecule is Cc1ccc(C(=O)N(CCCBr)C2CCC2)cn1. The fourth-order valence-corrected chi connectivity index (χ4v) is 2.39. The molecule has 0 saturated heterocycles. The molecule has 0 aromatic carbocycles. The summed E-state index contributed by atoms with van der Waals surface area (Å²) in [5, 5.41) is 0.940. The summed E-state index contributed by atoms with van der Waals surface area (Å²) in [6, 6.07) is 4.22. The maximum absolute atomic E-state index is 12.5. The number of aromatic nitrogens is 1. The molecule has 1 aromatic heterocycles. The molecule has 1 amide bonds. The van der Waals surface area contributed by atoms with E-state index in [4.69, 9.17) is 0 Å². The molecule has 0 aliphatic heterocycles. The lowest BCUT2D eigenvalue weighted by Crippen LogP contribution is -2.44. The van der Waals surface area contributed by atoms with Crippen molar-refractivity contribution < 1.29 is 4.79 Å². The number of alkyl halides is 1. The first kappa shape index (κ1) is 13.5. The van der Waals surface area contributed by atoms with E-state index in [1.165, 1.54) is 6.42 Å². The van der Waals surface area contributed by atoms with Crippen molar-refractivity contribution in [3.05, 3.63) is 29.6 Å². The first-order valence-corrected chi connectivity index (χ1v) is 7.64. The molecule has 0 bridgehead atoms. The van der Waals surface area contributed by atoms with Crippen LogP contribution in [0.1, 0.15) is 41.7 Å². The number of hydrogen-bond acceptors (Lipinski definition) is 2. The Morgan fingerprint density at radius 3 is 2.78 bits per heavy atom. The largest absolute Gasteiger partial charge is 0.336 e. The molecule has 1 fully saturated rings. The van der Waals surface area contributed by atoms with Crippen LogP contribution < -0.4 is 0 Å². The van der Waals surface area contributed by atoms with E-state index in [1.807, 2.05) is 24.0 Å². The van der Waals surface area contributed by atoms with Crippen molar-refractivity contribution in [1.29, 1.82) is 0 Å². The van der Waals surface area contributed by atoms with Crippen molar-refractivity contribution in [1.82, 2.24) is 9.88 Å². The molecule has 1 aromatic rings. The molecular formula is C14H19BrN2O. The van der Waals surface area contributed by atoms with Crippen LogP contribution in [0.5, 0.6) is 0 Å². The third-order valence-electron chi connectivity index (χ3n) is 3.47. The zero-order valence-corrected chi connectivity index (χ0v) is 12.3. The Morgan fingerprint density at radius 2 is 2.28 bits per heavy atom. The number of hydrogen-bond donors (Lipinski definition) is 0. The smallest absolute Gasteiger partial charge is 0.255 e. The molecule has 0 radical (unpaired) electrons. The van der Waals surface area contributed by atoms with E-state index in [0.29, 0.717) is 11.6 Å². The Kier molecular flexibility index (Phi) is 4.75. The fourth-order valence-electron chi connectivity index (χ4n) is 2.14. The second-order valence-electron chi connectivity index (χ2n) is 4.81. The van der Waals surface area contributed by atoms with Gasteiger partial charge >= 0.3 is 0 Å². The zero-order chi connectivity index (χ0) is 13.0. The molecular weight excluding hydrogens is 292 g/mol. The standard InChI is InChI=1S/C14H19BrN2O/c1-11-6-7-12(10-16-11)14(18)17(9-3-8-15)13-4-2-5-13/h6-7,10,13H,2-5,8-9H2,1H3. The molecule has 1 saturated carbocycles. The number of amides is 1. The fraction of sp³-hybridized carbons (Fsp3) is 0.571. The summed E-state index contributed by atoms with van der Waals surface area (Å²) in [5.74, 6) is 0.133. The van der Waals surface area contributed by atoms with Crippen molar-refractivity contribution in [3.8, 4) is 0 Å². The van der Waals surface area contributed by atoms with Crippen molar-refractivity contribution in [2.45, 2.75) is 38.6 Å². The number of aryl methyl sites for hydroxylation is 1.